The zero-order valence-corrected chi connectivity index (χ0v) is 17.6. The van der Waals surface area contributed by atoms with E-state index in [4.69, 9.17) is 4.74 Å². The first-order valence-electron chi connectivity index (χ1n) is 10.2. The predicted octanol–water partition coefficient (Wildman–Crippen LogP) is 3.66. The van der Waals surface area contributed by atoms with E-state index in [0.29, 0.717) is 6.42 Å². The lowest BCUT2D eigenvalue weighted by Gasteiger charge is -2.22. The van der Waals surface area contributed by atoms with Crippen LogP contribution in [-0.2, 0) is 20.7 Å². The van der Waals surface area contributed by atoms with Crippen LogP contribution in [0.1, 0.15) is 5.56 Å². The number of H-pyrrole nitrogens is 1. The van der Waals surface area contributed by atoms with E-state index in [1.807, 2.05) is 78.8 Å². The summed E-state index contributed by atoms with van der Waals surface area (Å²) in [5.74, 6) is -0.710. The summed E-state index contributed by atoms with van der Waals surface area (Å²) >= 11 is 0. The van der Waals surface area contributed by atoms with Gasteiger partial charge in [-0.2, -0.15) is 0 Å². The summed E-state index contributed by atoms with van der Waals surface area (Å²) in [6.45, 7) is 0.125. The predicted molar refractivity (Wildman–Crippen MR) is 123 cm³/mol. The minimum absolute atomic E-state index is 0.125. The molecule has 0 spiro atoms. The number of ether oxygens (including phenoxy) is 1. The number of aromatic amines is 1. The van der Waals surface area contributed by atoms with Crippen molar-refractivity contribution in [3.8, 4) is 0 Å². The summed E-state index contributed by atoms with van der Waals surface area (Å²) in [5, 5.41) is 6.12. The number of nitrogens with zero attached hydrogens (tertiary/aromatic N) is 1. The van der Waals surface area contributed by atoms with Crippen LogP contribution in [0.4, 0.5) is 5.69 Å². The second-order valence-electron chi connectivity index (χ2n) is 7.59. The van der Waals surface area contributed by atoms with Gasteiger partial charge >= 0.3 is 5.97 Å². The summed E-state index contributed by atoms with van der Waals surface area (Å²) < 4.78 is 4.93. The number of hydrogen-bond acceptors (Lipinski definition) is 4. The smallest absolute Gasteiger partial charge is 0.328 e. The molecule has 6 heteroatoms. The SMILES string of the molecule is COC(=O)C(Cc1c[nH]c2ccccc12)NC(=O)CN(C)c1ccc2ccccc2c1. The van der Waals surface area contributed by atoms with E-state index in [0.717, 1.165) is 32.9 Å². The molecule has 0 fully saturated rings. The molecular formula is C25H25N3O3. The molecule has 0 aliphatic heterocycles. The Labute approximate surface area is 180 Å². The van der Waals surface area contributed by atoms with Gasteiger partial charge in [-0.1, -0.05) is 48.5 Å². The molecule has 4 aromatic rings. The van der Waals surface area contributed by atoms with Crippen LogP contribution in [0.15, 0.2) is 72.9 Å². The van der Waals surface area contributed by atoms with Gasteiger partial charge < -0.3 is 19.9 Å². The van der Waals surface area contributed by atoms with Gasteiger partial charge in [-0.25, -0.2) is 4.79 Å². The van der Waals surface area contributed by atoms with Gasteiger partial charge in [-0.05, 0) is 34.5 Å². The molecule has 1 atom stereocenters. The lowest BCUT2D eigenvalue weighted by molar-refractivity contribution is -0.144. The molecule has 1 unspecified atom stereocenters. The van der Waals surface area contributed by atoms with Crippen molar-refractivity contribution in [1.82, 2.24) is 10.3 Å². The molecule has 3 aromatic carbocycles. The molecule has 1 heterocycles. The molecule has 0 aliphatic carbocycles. The third-order valence-corrected chi connectivity index (χ3v) is 5.47. The van der Waals surface area contributed by atoms with Gasteiger partial charge in [0.25, 0.3) is 0 Å². The van der Waals surface area contributed by atoms with Gasteiger partial charge in [0, 0.05) is 36.3 Å². The molecule has 31 heavy (non-hydrogen) atoms. The number of nitrogens with one attached hydrogen (secondary N) is 2. The number of esters is 1. The lowest BCUT2D eigenvalue weighted by atomic mass is 10.0. The van der Waals surface area contributed by atoms with Crippen molar-refractivity contribution < 1.29 is 14.3 Å². The summed E-state index contributed by atoms with van der Waals surface area (Å²) in [5.41, 5.74) is 2.87. The number of methoxy groups -OCH3 is 1. The number of para-hydroxylation sites is 1. The van der Waals surface area contributed by atoms with Gasteiger partial charge in [0.15, 0.2) is 0 Å². The maximum absolute atomic E-state index is 12.7. The van der Waals surface area contributed by atoms with E-state index in [1.165, 1.54) is 7.11 Å². The maximum atomic E-state index is 12.7. The first kappa shape index (κ1) is 20.5. The van der Waals surface area contributed by atoms with Crippen LogP contribution >= 0.6 is 0 Å². The Hall–Kier alpha value is -3.80. The highest BCUT2D eigenvalue weighted by molar-refractivity contribution is 5.90. The molecule has 0 saturated heterocycles. The quantitative estimate of drug-likeness (QED) is 0.452. The van der Waals surface area contributed by atoms with Crippen LogP contribution < -0.4 is 10.2 Å². The molecule has 1 amide bonds. The molecular weight excluding hydrogens is 390 g/mol. The van der Waals surface area contributed by atoms with Crippen molar-refractivity contribution in [2.45, 2.75) is 12.5 Å². The number of rotatable bonds is 7. The number of fused-ring (bicyclic) bond motifs is 2. The van der Waals surface area contributed by atoms with Crippen molar-refractivity contribution >= 4 is 39.2 Å². The minimum atomic E-state index is -0.762. The Morgan fingerprint density at radius 1 is 1.03 bits per heavy atom. The maximum Gasteiger partial charge on any atom is 0.328 e. The molecule has 4 rings (SSSR count). The summed E-state index contributed by atoms with van der Waals surface area (Å²) in [6.07, 6.45) is 2.22. The summed E-state index contributed by atoms with van der Waals surface area (Å²) in [6, 6.07) is 21.3. The van der Waals surface area contributed by atoms with Crippen LogP contribution in [0.3, 0.4) is 0 Å². The van der Waals surface area contributed by atoms with Crippen LogP contribution in [-0.4, -0.2) is 43.6 Å². The fourth-order valence-corrected chi connectivity index (χ4v) is 3.82. The van der Waals surface area contributed by atoms with Crippen LogP contribution in [0.25, 0.3) is 21.7 Å². The van der Waals surface area contributed by atoms with Gasteiger partial charge in [0.2, 0.25) is 5.91 Å². The van der Waals surface area contributed by atoms with Gasteiger partial charge in [-0.3, -0.25) is 4.79 Å². The van der Waals surface area contributed by atoms with E-state index < -0.39 is 12.0 Å². The molecule has 0 bridgehead atoms. The topological polar surface area (TPSA) is 74.4 Å². The Morgan fingerprint density at radius 2 is 1.77 bits per heavy atom. The van der Waals surface area contributed by atoms with Crippen LogP contribution in [0.5, 0.6) is 0 Å². The Balaban J connectivity index is 1.46. The van der Waals surface area contributed by atoms with E-state index in [9.17, 15) is 9.59 Å². The lowest BCUT2D eigenvalue weighted by Crippen LogP contribution is -2.46. The average Bonchev–Trinajstić information content (AvgIpc) is 3.20. The number of hydrogen-bond donors (Lipinski definition) is 2. The number of carbonyl (C=O) groups excluding carboxylic acids is 2. The average molecular weight is 415 g/mol. The molecule has 6 nitrogen and oxygen atoms in total. The second-order valence-corrected chi connectivity index (χ2v) is 7.59. The minimum Gasteiger partial charge on any atom is -0.467 e. The molecule has 1 aromatic heterocycles. The van der Waals surface area contributed by atoms with Crippen molar-refractivity contribution in [1.29, 1.82) is 0 Å². The Bertz CT molecular complexity index is 1230. The Kier molecular flexibility index (Phi) is 5.89. The number of anilines is 1. The first-order valence-corrected chi connectivity index (χ1v) is 10.2. The Morgan fingerprint density at radius 3 is 2.58 bits per heavy atom. The largest absolute Gasteiger partial charge is 0.467 e. The molecule has 158 valence electrons. The van der Waals surface area contributed by atoms with Crippen molar-refractivity contribution in [3.63, 3.8) is 0 Å². The zero-order valence-electron chi connectivity index (χ0n) is 17.6. The number of benzene rings is 3. The fraction of sp³-hybridized carbons (Fsp3) is 0.200. The molecule has 0 aliphatic rings. The molecule has 0 saturated carbocycles. The molecule has 0 radical (unpaired) electrons. The normalized spacial score (nSPS) is 11.9. The summed E-state index contributed by atoms with van der Waals surface area (Å²) in [4.78, 5) is 30.2. The van der Waals surface area contributed by atoms with E-state index in [1.54, 1.807) is 0 Å². The van der Waals surface area contributed by atoms with Gasteiger partial charge in [0.1, 0.15) is 6.04 Å². The number of aromatic nitrogens is 1. The standard InChI is InChI=1S/C25H25N3O3/c1-28(20-12-11-17-7-3-4-8-18(17)13-20)16-24(29)27-23(25(30)31-2)14-19-15-26-22-10-6-5-9-21(19)22/h3-13,15,23,26H,14,16H2,1-2H3,(H,27,29). The van der Waals surface area contributed by atoms with Crippen LogP contribution in [0.2, 0.25) is 0 Å². The van der Waals surface area contributed by atoms with E-state index in [2.05, 4.69) is 16.4 Å². The van der Waals surface area contributed by atoms with Crippen molar-refractivity contribution in [2.75, 3.05) is 25.6 Å². The van der Waals surface area contributed by atoms with Crippen LogP contribution in [0, 0.1) is 0 Å². The van der Waals surface area contributed by atoms with Crippen molar-refractivity contribution in [2.24, 2.45) is 0 Å². The third-order valence-electron chi connectivity index (χ3n) is 5.47. The van der Waals surface area contributed by atoms with Crippen molar-refractivity contribution in [3.05, 3.63) is 78.5 Å². The van der Waals surface area contributed by atoms with Gasteiger partial charge in [-0.15, -0.1) is 0 Å². The number of carbonyl (C=O) groups is 2. The highest BCUT2D eigenvalue weighted by Gasteiger charge is 2.24. The van der Waals surface area contributed by atoms with E-state index >= 15 is 0 Å². The van der Waals surface area contributed by atoms with Gasteiger partial charge in [0.05, 0.1) is 13.7 Å². The first-order chi connectivity index (χ1) is 15.0. The fourth-order valence-electron chi connectivity index (χ4n) is 3.82. The highest BCUT2D eigenvalue weighted by atomic mass is 16.5. The highest BCUT2D eigenvalue weighted by Crippen LogP contribution is 2.22. The van der Waals surface area contributed by atoms with E-state index in [-0.39, 0.29) is 12.5 Å². The summed E-state index contributed by atoms with van der Waals surface area (Å²) in [7, 11) is 3.19. The third kappa shape index (κ3) is 4.53. The monoisotopic (exact) mass is 415 g/mol. The number of likely N-dealkylation sites (N-methyl/N-ethyl adjacent to an activating group) is 1. The second kappa shape index (κ2) is 8.92. The number of amides is 1. The molecule has 2 N–H and O–H groups in total. The zero-order chi connectivity index (χ0) is 21.8.